The maximum Gasteiger partial charge on any atom is 0.0630 e. The Bertz CT molecular complexity index is 374. The van der Waals surface area contributed by atoms with E-state index in [0.717, 1.165) is 11.4 Å². The molecule has 2 rings (SSSR count). The molecule has 0 bridgehead atoms. The van der Waals surface area contributed by atoms with Gasteiger partial charge in [0.15, 0.2) is 0 Å². The standard InChI is InChI=1S/C12H10N2.I2/c1-3-9-13-11(5-1)7-8-12-6-2-4-10-14-12;1-2/h1-10H;/b8-7+;. The highest BCUT2D eigenvalue weighted by Gasteiger charge is 1.86. The van der Waals surface area contributed by atoms with Crippen molar-refractivity contribution in [3.05, 3.63) is 60.2 Å². The molecule has 0 aliphatic carbocycles. The molecule has 0 aliphatic rings. The highest BCUT2D eigenvalue weighted by atomic mass is 128. The fourth-order valence-electron chi connectivity index (χ4n) is 1.12. The smallest absolute Gasteiger partial charge is 0.0630 e. The van der Waals surface area contributed by atoms with Gasteiger partial charge >= 0.3 is 0 Å². The van der Waals surface area contributed by atoms with Gasteiger partial charge in [-0.15, -0.1) is 0 Å². The Labute approximate surface area is 119 Å². The summed E-state index contributed by atoms with van der Waals surface area (Å²) in [6.45, 7) is 0. The molecule has 0 fully saturated rings. The molecule has 2 aromatic heterocycles. The first-order valence-electron chi connectivity index (χ1n) is 4.59. The monoisotopic (exact) mass is 436 g/mol. The van der Waals surface area contributed by atoms with Crippen LogP contribution < -0.4 is 0 Å². The highest BCUT2D eigenvalue weighted by Crippen LogP contribution is 2.02. The summed E-state index contributed by atoms with van der Waals surface area (Å²) in [6.07, 6.45) is 7.45. The molecule has 2 aromatic rings. The Hall–Kier alpha value is -0.500. The molecular formula is C12H10I2N2. The quantitative estimate of drug-likeness (QED) is 0.652. The molecule has 0 aromatic carbocycles. The third-order valence-electron chi connectivity index (χ3n) is 1.80. The van der Waals surface area contributed by atoms with E-state index in [0.29, 0.717) is 0 Å². The van der Waals surface area contributed by atoms with E-state index in [2.05, 4.69) is 47.2 Å². The van der Waals surface area contributed by atoms with Gasteiger partial charge in [-0.2, -0.15) is 0 Å². The largest absolute Gasteiger partial charge is 0.257 e. The molecule has 0 atom stereocenters. The van der Waals surface area contributed by atoms with Crippen molar-refractivity contribution in [2.45, 2.75) is 0 Å². The number of hydrogen-bond acceptors (Lipinski definition) is 2. The molecule has 0 saturated heterocycles. The minimum atomic E-state index is 0.943. The van der Waals surface area contributed by atoms with Crippen LogP contribution in [0.5, 0.6) is 0 Å². The molecule has 0 saturated carbocycles. The van der Waals surface area contributed by atoms with Gasteiger partial charge in [-0.1, -0.05) is 12.1 Å². The molecule has 0 N–H and O–H groups in total. The van der Waals surface area contributed by atoms with E-state index >= 15 is 0 Å². The van der Waals surface area contributed by atoms with E-state index in [1.807, 2.05) is 48.6 Å². The molecule has 0 amide bonds. The normalized spacial score (nSPS) is 9.62. The van der Waals surface area contributed by atoms with Crippen LogP contribution in [0.15, 0.2) is 48.8 Å². The molecule has 2 heterocycles. The average molecular weight is 436 g/mol. The van der Waals surface area contributed by atoms with E-state index in [4.69, 9.17) is 0 Å². The second kappa shape index (κ2) is 8.63. The summed E-state index contributed by atoms with van der Waals surface area (Å²) in [4.78, 5) is 8.36. The van der Waals surface area contributed by atoms with Crippen molar-refractivity contribution >= 4 is 49.4 Å². The lowest BCUT2D eigenvalue weighted by molar-refractivity contribution is 1.28. The Morgan fingerprint density at radius 2 is 1.19 bits per heavy atom. The fraction of sp³-hybridized carbons (Fsp3) is 0. The van der Waals surface area contributed by atoms with Gasteiger partial charge in [-0.05, 0) is 36.4 Å². The van der Waals surface area contributed by atoms with Gasteiger partial charge in [0.2, 0.25) is 0 Å². The maximum atomic E-state index is 4.18. The van der Waals surface area contributed by atoms with Gasteiger partial charge in [-0.3, -0.25) is 9.97 Å². The summed E-state index contributed by atoms with van der Waals surface area (Å²) < 4.78 is 0. The SMILES string of the molecule is C(=C\c1ccccn1)/c1ccccn1.II. The third kappa shape index (κ3) is 5.02. The minimum absolute atomic E-state index is 0.943. The van der Waals surface area contributed by atoms with Crippen molar-refractivity contribution in [2.75, 3.05) is 0 Å². The number of hydrogen-bond donors (Lipinski definition) is 0. The Balaban J connectivity index is 0.000000606. The summed E-state index contributed by atoms with van der Waals surface area (Å²) in [5, 5.41) is 0. The van der Waals surface area contributed by atoms with Gasteiger partial charge in [0.25, 0.3) is 0 Å². The number of pyridine rings is 2. The zero-order chi connectivity index (χ0) is 11.6. The van der Waals surface area contributed by atoms with E-state index in [9.17, 15) is 0 Å². The van der Waals surface area contributed by atoms with Crippen molar-refractivity contribution in [1.29, 1.82) is 0 Å². The van der Waals surface area contributed by atoms with Crippen LogP contribution in [0.4, 0.5) is 0 Å². The van der Waals surface area contributed by atoms with Crippen LogP contribution >= 0.6 is 37.2 Å². The van der Waals surface area contributed by atoms with E-state index in [1.165, 1.54) is 0 Å². The Morgan fingerprint density at radius 1 is 0.750 bits per heavy atom. The van der Waals surface area contributed by atoms with Crippen molar-refractivity contribution in [1.82, 2.24) is 9.97 Å². The first kappa shape index (κ1) is 13.6. The first-order valence-corrected chi connectivity index (χ1v) is 10.9. The van der Waals surface area contributed by atoms with Crippen molar-refractivity contribution in [3.63, 3.8) is 0 Å². The Kier molecular flexibility index (Phi) is 7.32. The molecule has 0 unspecified atom stereocenters. The molecule has 0 spiro atoms. The van der Waals surface area contributed by atoms with Crippen molar-refractivity contribution < 1.29 is 0 Å². The molecule has 0 aliphatic heterocycles. The molecule has 2 nitrogen and oxygen atoms in total. The van der Waals surface area contributed by atoms with Gasteiger partial charge in [0, 0.05) is 49.6 Å². The molecule has 16 heavy (non-hydrogen) atoms. The fourth-order valence-corrected chi connectivity index (χ4v) is 1.12. The average Bonchev–Trinajstić information content (AvgIpc) is 2.41. The van der Waals surface area contributed by atoms with Gasteiger partial charge in [0.1, 0.15) is 0 Å². The summed E-state index contributed by atoms with van der Waals surface area (Å²) in [6, 6.07) is 11.6. The van der Waals surface area contributed by atoms with Crippen LogP contribution in [0, 0.1) is 0 Å². The number of nitrogens with zero attached hydrogens (tertiary/aromatic N) is 2. The van der Waals surface area contributed by atoms with Crippen LogP contribution in [0.1, 0.15) is 11.4 Å². The minimum Gasteiger partial charge on any atom is -0.257 e. The summed E-state index contributed by atoms with van der Waals surface area (Å²) in [5.41, 5.74) is 1.89. The zero-order valence-electron chi connectivity index (χ0n) is 8.42. The third-order valence-corrected chi connectivity index (χ3v) is 1.80. The predicted molar refractivity (Wildman–Crippen MR) is 85.4 cm³/mol. The van der Waals surface area contributed by atoms with Gasteiger partial charge in [0.05, 0.1) is 11.4 Å². The lowest BCUT2D eigenvalue weighted by Gasteiger charge is -1.91. The lowest BCUT2D eigenvalue weighted by atomic mass is 10.3. The summed E-state index contributed by atoms with van der Waals surface area (Å²) in [7, 11) is 0. The topological polar surface area (TPSA) is 25.8 Å². The lowest BCUT2D eigenvalue weighted by Crippen LogP contribution is -1.79. The second-order valence-corrected chi connectivity index (χ2v) is 2.84. The van der Waals surface area contributed by atoms with E-state index in [1.54, 1.807) is 12.4 Å². The van der Waals surface area contributed by atoms with Crippen LogP contribution in [0.2, 0.25) is 0 Å². The maximum absolute atomic E-state index is 4.18. The molecule has 82 valence electrons. The van der Waals surface area contributed by atoms with Crippen LogP contribution in [-0.2, 0) is 0 Å². The van der Waals surface area contributed by atoms with Crippen molar-refractivity contribution in [3.8, 4) is 0 Å². The van der Waals surface area contributed by atoms with Gasteiger partial charge < -0.3 is 0 Å². The predicted octanol–water partition coefficient (Wildman–Crippen LogP) is 4.42. The highest BCUT2D eigenvalue weighted by molar-refractivity contribution is 15.0. The number of halogens is 2. The van der Waals surface area contributed by atoms with Crippen molar-refractivity contribution in [2.24, 2.45) is 0 Å². The summed E-state index contributed by atoms with van der Waals surface area (Å²) in [5.74, 6) is 0. The van der Waals surface area contributed by atoms with Crippen LogP contribution in [0.25, 0.3) is 12.2 Å². The summed E-state index contributed by atoms with van der Waals surface area (Å²) >= 11 is 4.24. The Morgan fingerprint density at radius 3 is 1.50 bits per heavy atom. The van der Waals surface area contributed by atoms with Crippen LogP contribution in [0.3, 0.4) is 0 Å². The number of rotatable bonds is 2. The van der Waals surface area contributed by atoms with Gasteiger partial charge in [-0.25, -0.2) is 0 Å². The molecule has 4 heteroatoms. The number of aromatic nitrogens is 2. The zero-order valence-corrected chi connectivity index (χ0v) is 12.7. The first-order chi connectivity index (χ1) is 7.95. The molecular weight excluding hydrogens is 426 g/mol. The van der Waals surface area contributed by atoms with Crippen LogP contribution in [-0.4, -0.2) is 9.97 Å². The second-order valence-electron chi connectivity index (χ2n) is 2.84. The van der Waals surface area contributed by atoms with E-state index in [-0.39, 0.29) is 0 Å². The molecule has 0 radical (unpaired) electrons. The van der Waals surface area contributed by atoms with E-state index < -0.39 is 0 Å².